The highest BCUT2D eigenvalue weighted by molar-refractivity contribution is 8.16. The van der Waals surface area contributed by atoms with Gasteiger partial charge in [-0.15, -0.1) is 0 Å². The Balaban J connectivity index is 1.57. The van der Waals surface area contributed by atoms with Gasteiger partial charge in [-0.25, -0.2) is 12.8 Å². The fourth-order valence-electron chi connectivity index (χ4n) is 4.39. The molecule has 8 heteroatoms. The topological polar surface area (TPSA) is 66.8 Å². The maximum absolute atomic E-state index is 14.2. The number of sulfone groups is 1. The van der Waals surface area contributed by atoms with E-state index in [-0.39, 0.29) is 34.5 Å². The number of amides is 1. The summed E-state index contributed by atoms with van der Waals surface area (Å²) >= 11 is 1.34. The number of benzene rings is 1. The van der Waals surface area contributed by atoms with Gasteiger partial charge in [0.25, 0.3) is 0 Å². The number of nitrogens with zero attached hydrogens (tertiary/aromatic N) is 2. The predicted octanol–water partition coefficient (Wildman–Crippen LogP) is 3.71. The van der Waals surface area contributed by atoms with Crippen molar-refractivity contribution >= 4 is 38.4 Å². The molecule has 3 aliphatic rings. The molecule has 1 aliphatic carbocycles. The lowest BCUT2D eigenvalue weighted by molar-refractivity contribution is -0.118. The van der Waals surface area contributed by atoms with Crippen LogP contribution in [0.25, 0.3) is 0 Å². The van der Waals surface area contributed by atoms with E-state index in [9.17, 15) is 17.6 Å². The lowest BCUT2D eigenvalue weighted by atomic mass is 10.0. The van der Waals surface area contributed by atoms with E-state index in [0.29, 0.717) is 28.8 Å². The summed E-state index contributed by atoms with van der Waals surface area (Å²) < 4.78 is 38.4. The van der Waals surface area contributed by atoms with Crippen LogP contribution < -0.4 is 4.90 Å². The second-order valence-electron chi connectivity index (χ2n) is 8.08. The van der Waals surface area contributed by atoms with Crippen LogP contribution in [-0.2, 0) is 14.6 Å². The number of carbonyl (C=O) groups excluding carboxylic acids is 1. The second-order valence-corrected chi connectivity index (χ2v) is 11.4. The summed E-state index contributed by atoms with van der Waals surface area (Å²) in [6, 6.07) is 4.54. The van der Waals surface area contributed by atoms with Crippen LogP contribution in [0.2, 0.25) is 0 Å². The van der Waals surface area contributed by atoms with Crippen molar-refractivity contribution < 1.29 is 17.6 Å². The minimum absolute atomic E-state index is 0.00937. The summed E-state index contributed by atoms with van der Waals surface area (Å²) in [6.45, 7) is 1.68. The molecule has 2 heterocycles. The van der Waals surface area contributed by atoms with Crippen LogP contribution in [0.15, 0.2) is 23.2 Å². The van der Waals surface area contributed by atoms with E-state index in [1.807, 2.05) is 0 Å². The lowest BCUT2D eigenvalue weighted by Crippen LogP contribution is -2.37. The maximum atomic E-state index is 14.2. The van der Waals surface area contributed by atoms with Gasteiger partial charge in [0, 0.05) is 17.4 Å². The van der Waals surface area contributed by atoms with Gasteiger partial charge in [0.2, 0.25) is 5.91 Å². The maximum Gasteiger partial charge on any atom is 0.248 e. The summed E-state index contributed by atoms with van der Waals surface area (Å²) in [5.74, 6) is 0.179. The first-order valence-corrected chi connectivity index (χ1v) is 12.6. The molecular weight excluding hydrogens is 399 g/mol. The van der Waals surface area contributed by atoms with Crippen LogP contribution in [-0.4, -0.2) is 42.3 Å². The molecule has 4 rings (SSSR count). The molecule has 2 atom stereocenters. The molecule has 0 N–H and O–H groups in total. The zero-order valence-corrected chi connectivity index (χ0v) is 17.6. The number of thioether (sulfide) groups is 1. The summed E-state index contributed by atoms with van der Waals surface area (Å²) in [6.07, 6.45) is 6.14. The highest BCUT2D eigenvalue weighted by Gasteiger charge is 2.49. The predicted molar refractivity (Wildman–Crippen MR) is 111 cm³/mol. The fourth-order valence-corrected chi connectivity index (χ4v) is 8.32. The Morgan fingerprint density at radius 1 is 1.29 bits per heavy atom. The smallest absolute Gasteiger partial charge is 0.248 e. The molecule has 0 aromatic heterocycles. The highest BCUT2D eigenvalue weighted by Crippen LogP contribution is 2.41. The molecular formula is C20H25FN2O3S2. The highest BCUT2D eigenvalue weighted by atomic mass is 32.2. The van der Waals surface area contributed by atoms with E-state index >= 15 is 0 Å². The van der Waals surface area contributed by atoms with Crippen LogP contribution in [0.4, 0.5) is 10.1 Å². The molecule has 152 valence electrons. The van der Waals surface area contributed by atoms with Crippen molar-refractivity contribution in [1.82, 2.24) is 0 Å². The zero-order chi connectivity index (χ0) is 19.9. The molecule has 1 aromatic rings. The number of aliphatic imine (C=N–C) groups is 1. The average Bonchev–Trinajstić information content (AvgIpc) is 3.30. The van der Waals surface area contributed by atoms with Crippen LogP contribution in [0.5, 0.6) is 0 Å². The number of halogens is 1. The minimum atomic E-state index is -3.13. The van der Waals surface area contributed by atoms with Gasteiger partial charge in [-0.3, -0.25) is 4.79 Å². The largest absolute Gasteiger partial charge is 0.315 e. The van der Waals surface area contributed by atoms with E-state index in [0.717, 1.165) is 6.42 Å². The van der Waals surface area contributed by atoms with Gasteiger partial charge in [-0.05, 0) is 37.0 Å². The Morgan fingerprint density at radius 3 is 2.75 bits per heavy atom. The van der Waals surface area contributed by atoms with Crippen molar-refractivity contribution in [2.45, 2.75) is 56.7 Å². The monoisotopic (exact) mass is 424 g/mol. The fraction of sp³-hybridized carbons (Fsp3) is 0.600. The first-order valence-electron chi connectivity index (χ1n) is 9.86. The number of hydrogen-bond acceptors (Lipinski definition) is 4. The molecule has 0 spiro atoms. The number of hydrogen-bond donors (Lipinski definition) is 0. The zero-order valence-electron chi connectivity index (χ0n) is 15.9. The van der Waals surface area contributed by atoms with Crippen molar-refractivity contribution in [3.63, 3.8) is 0 Å². The molecule has 2 saturated heterocycles. The Labute approximate surface area is 169 Å². The van der Waals surface area contributed by atoms with Crippen LogP contribution in [0, 0.1) is 18.7 Å². The first-order chi connectivity index (χ1) is 13.3. The molecule has 1 amide bonds. The van der Waals surface area contributed by atoms with Crippen molar-refractivity contribution in [3.05, 3.63) is 29.6 Å². The summed E-state index contributed by atoms with van der Waals surface area (Å²) in [5.41, 5.74) is 1.08. The van der Waals surface area contributed by atoms with Gasteiger partial charge >= 0.3 is 0 Å². The van der Waals surface area contributed by atoms with Crippen molar-refractivity contribution in [1.29, 1.82) is 0 Å². The normalized spacial score (nSPS) is 28.2. The molecule has 3 fully saturated rings. The third-order valence-corrected chi connectivity index (χ3v) is 9.17. The number of fused-ring (bicyclic) bond motifs is 1. The minimum Gasteiger partial charge on any atom is -0.315 e. The number of rotatable bonds is 4. The number of anilines is 1. The van der Waals surface area contributed by atoms with Crippen molar-refractivity contribution in [3.8, 4) is 0 Å². The molecule has 5 nitrogen and oxygen atoms in total. The van der Waals surface area contributed by atoms with Crippen LogP contribution in [0.3, 0.4) is 0 Å². The summed E-state index contributed by atoms with van der Waals surface area (Å²) in [5, 5.41) is 0.334. The Bertz CT molecular complexity index is 910. The van der Waals surface area contributed by atoms with Crippen molar-refractivity contribution in [2.75, 3.05) is 16.4 Å². The van der Waals surface area contributed by atoms with E-state index in [1.165, 1.54) is 43.5 Å². The molecule has 1 saturated carbocycles. The Morgan fingerprint density at radius 2 is 2.04 bits per heavy atom. The number of aryl methyl sites for hydroxylation is 1. The van der Waals surface area contributed by atoms with E-state index in [4.69, 9.17) is 0 Å². The van der Waals surface area contributed by atoms with Gasteiger partial charge in [-0.2, -0.15) is 4.99 Å². The van der Waals surface area contributed by atoms with Gasteiger partial charge in [0.05, 0.1) is 17.5 Å². The van der Waals surface area contributed by atoms with Gasteiger partial charge in [0.15, 0.2) is 15.0 Å². The molecule has 0 unspecified atom stereocenters. The van der Waals surface area contributed by atoms with E-state index in [2.05, 4.69) is 4.99 Å². The molecule has 1 aromatic carbocycles. The van der Waals surface area contributed by atoms with Gasteiger partial charge in [0.1, 0.15) is 5.82 Å². The quantitative estimate of drug-likeness (QED) is 0.737. The standard InChI is InChI=1S/C20H25FN2O3S2/c1-13-6-8-15(10-16(13)21)23-17-11-28(25,26)12-18(17)27-20(23)22-19(24)9-7-14-4-2-3-5-14/h6,8,10,14,17-18H,2-5,7,9,11-12H2,1H3/t17-,18-/m0/s1. The molecule has 0 radical (unpaired) electrons. The summed E-state index contributed by atoms with van der Waals surface area (Å²) in [4.78, 5) is 18.6. The van der Waals surface area contributed by atoms with Crippen LogP contribution in [0.1, 0.15) is 44.1 Å². The third kappa shape index (κ3) is 4.13. The lowest BCUT2D eigenvalue weighted by Gasteiger charge is -2.24. The molecule has 0 bridgehead atoms. The average molecular weight is 425 g/mol. The Kier molecular flexibility index (Phi) is 5.53. The van der Waals surface area contributed by atoms with Crippen LogP contribution >= 0.6 is 11.8 Å². The Hall–Kier alpha value is -1.41. The number of amidine groups is 1. The second kappa shape index (κ2) is 7.78. The van der Waals surface area contributed by atoms with E-state index < -0.39 is 9.84 Å². The third-order valence-electron chi connectivity index (χ3n) is 5.96. The van der Waals surface area contributed by atoms with Gasteiger partial charge in [-0.1, -0.05) is 43.5 Å². The first kappa shape index (κ1) is 19.9. The molecule has 28 heavy (non-hydrogen) atoms. The summed E-state index contributed by atoms with van der Waals surface area (Å²) in [7, 11) is -3.13. The molecule has 2 aliphatic heterocycles. The van der Waals surface area contributed by atoms with E-state index in [1.54, 1.807) is 24.0 Å². The van der Waals surface area contributed by atoms with Gasteiger partial charge < -0.3 is 4.90 Å². The number of carbonyl (C=O) groups is 1. The SMILES string of the molecule is Cc1ccc(N2C(=NC(=O)CCC3CCCC3)S[C@H]3CS(=O)(=O)C[C@@H]32)cc1F. The van der Waals surface area contributed by atoms with Crippen molar-refractivity contribution in [2.24, 2.45) is 10.9 Å².